The molecule has 0 aromatic rings. The molecular weight excluding hydrogens is 160 g/mol. The third-order valence-corrected chi connectivity index (χ3v) is 3.85. The van der Waals surface area contributed by atoms with Crippen LogP contribution in [0.1, 0.15) is 46.5 Å². The second-order valence-electron chi connectivity index (χ2n) is 4.72. The lowest BCUT2D eigenvalue weighted by molar-refractivity contribution is -0.0486. The lowest BCUT2D eigenvalue weighted by Gasteiger charge is -2.39. The highest BCUT2D eigenvalue weighted by Gasteiger charge is 2.45. The Morgan fingerprint density at radius 1 is 1.38 bits per heavy atom. The van der Waals surface area contributed by atoms with Crippen molar-refractivity contribution in [2.75, 3.05) is 0 Å². The van der Waals surface area contributed by atoms with Gasteiger partial charge in [0.1, 0.15) is 0 Å². The van der Waals surface area contributed by atoms with Gasteiger partial charge in [0.2, 0.25) is 0 Å². The summed E-state index contributed by atoms with van der Waals surface area (Å²) in [6.45, 7) is 6.78. The topological polar surface area (TPSA) is 9.23 Å². The van der Waals surface area contributed by atoms with Gasteiger partial charge >= 0.3 is 0 Å². The SMILES string of the molecule is CC1=CCCC(C)C12CCC(C)O2. The molecule has 0 aromatic heterocycles. The molecule has 74 valence electrons. The lowest BCUT2D eigenvalue weighted by Crippen LogP contribution is -2.39. The van der Waals surface area contributed by atoms with E-state index in [4.69, 9.17) is 4.74 Å². The van der Waals surface area contributed by atoms with Crippen molar-refractivity contribution in [1.82, 2.24) is 0 Å². The van der Waals surface area contributed by atoms with Gasteiger partial charge in [0.25, 0.3) is 0 Å². The third-order valence-electron chi connectivity index (χ3n) is 3.85. The number of hydrogen-bond acceptors (Lipinski definition) is 1. The van der Waals surface area contributed by atoms with Crippen molar-refractivity contribution < 1.29 is 4.74 Å². The standard InChI is InChI=1S/C12H20O/c1-9-5-4-6-10(2)12(9)8-7-11(3)13-12/h5,10-11H,4,6-8H2,1-3H3. The van der Waals surface area contributed by atoms with Gasteiger partial charge in [-0.2, -0.15) is 0 Å². The average Bonchev–Trinajstić information content (AvgIpc) is 2.46. The van der Waals surface area contributed by atoms with Gasteiger partial charge < -0.3 is 4.74 Å². The summed E-state index contributed by atoms with van der Waals surface area (Å²) in [5.41, 5.74) is 1.60. The van der Waals surface area contributed by atoms with Crippen LogP contribution in [0.4, 0.5) is 0 Å². The molecule has 0 amide bonds. The van der Waals surface area contributed by atoms with E-state index in [1.165, 1.54) is 31.3 Å². The molecule has 0 N–H and O–H groups in total. The van der Waals surface area contributed by atoms with Gasteiger partial charge in [-0.05, 0) is 51.0 Å². The molecule has 1 fully saturated rings. The summed E-state index contributed by atoms with van der Waals surface area (Å²) in [6, 6.07) is 0. The molecule has 1 nitrogen and oxygen atoms in total. The highest BCUT2D eigenvalue weighted by atomic mass is 16.5. The molecule has 0 aromatic carbocycles. The second kappa shape index (κ2) is 3.13. The third kappa shape index (κ3) is 1.34. The molecule has 3 unspecified atom stereocenters. The van der Waals surface area contributed by atoms with E-state index in [1.54, 1.807) is 0 Å². The first-order chi connectivity index (χ1) is 6.15. The van der Waals surface area contributed by atoms with E-state index in [0.29, 0.717) is 12.0 Å². The first-order valence-electron chi connectivity index (χ1n) is 5.50. The Labute approximate surface area is 81.2 Å². The molecule has 0 bridgehead atoms. The minimum Gasteiger partial charge on any atom is -0.367 e. The number of ether oxygens (including phenoxy) is 1. The van der Waals surface area contributed by atoms with Gasteiger partial charge in [-0.15, -0.1) is 0 Å². The Morgan fingerprint density at radius 2 is 2.15 bits per heavy atom. The van der Waals surface area contributed by atoms with Crippen molar-refractivity contribution in [3.8, 4) is 0 Å². The van der Waals surface area contributed by atoms with Gasteiger partial charge in [0.15, 0.2) is 0 Å². The average molecular weight is 180 g/mol. The zero-order chi connectivity index (χ0) is 9.47. The maximum atomic E-state index is 6.15. The van der Waals surface area contributed by atoms with Crippen molar-refractivity contribution in [3.05, 3.63) is 11.6 Å². The molecule has 0 saturated carbocycles. The van der Waals surface area contributed by atoms with Crippen LogP contribution in [0, 0.1) is 5.92 Å². The highest BCUT2D eigenvalue weighted by molar-refractivity contribution is 5.21. The predicted molar refractivity (Wildman–Crippen MR) is 54.7 cm³/mol. The van der Waals surface area contributed by atoms with Crippen LogP contribution >= 0.6 is 0 Å². The molecule has 2 rings (SSSR count). The molecular formula is C12H20O. The predicted octanol–water partition coefficient (Wildman–Crippen LogP) is 3.30. The molecule has 1 heterocycles. The van der Waals surface area contributed by atoms with Crippen LogP contribution < -0.4 is 0 Å². The van der Waals surface area contributed by atoms with Crippen LogP contribution in [-0.2, 0) is 4.74 Å². The molecule has 1 spiro atoms. The van der Waals surface area contributed by atoms with Crippen molar-refractivity contribution in [1.29, 1.82) is 0 Å². The molecule has 1 heteroatoms. The highest BCUT2D eigenvalue weighted by Crippen LogP contribution is 2.46. The second-order valence-corrected chi connectivity index (χ2v) is 4.72. The van der Waals surface area contributed by atoms with E-state index < -0.39 is 0 Å². The van der Waals surface area contributed by atoms with Gasteiger partial charge in [0.05, 0.1) is 11.7 Å². The normalized spacial score (nSPS) is 45.3. The molecule has 3 atom stereocenters. The van der Waals surface area contributed by atoms with Crippen molar-refractivity contribution >= 4 is 0 Å². The Morgan fingerprint density at radius 3 is 2.69 bits per heavy atom. The summed E-state index contributed by atoms with van der Waals surface area (Å²) in [5.74, 6) is 0.711. The Bertz CT molecular complexity index is 231. The zero-order valence-electron chi connectivity index (χ0n) is 8.97. The molecule has 2 aliphatic rings. The van der Waals surface area contributed by atoms with Crippen molar-refractivity contribution in [2.45, 2.75) is 58.2 Å². The van der Waals surface area contributed by atoms with Gasteiger partial charge in [-0.25, -0.2) is 0 Å². The lowest BCUT2D eigenvalue weighted by atomic mass is 9.74. The van der Waals surface area contributed by atoms with E-state index in [-0.39, 0.29) is 5.60 Å². The summed E-state index contributed by atoms with van der Waals surface area (Å²) < 4.78 is 6.15. The first kappa shape index (κ1) is 9.26. The summed E-state index contributed by atoms with van der Waals surface area (Å²) >= 11 is 0. The minimum absolute atomic E-state index is 0.123. The Hall–Kier alpha value is -0.300. The van der Waals surface area contributed by atoms with Crippen LogP contribution in [0.15, 0.2) is 11.6 Å². The molecule has 13 heavy (non-hydrogen) atoms. The number of hydrogen-bond donors (Lipinski definition) is 0. The largest absolute Gasteiger partial charge is 0.367 e. The summed E-state index contributed by atoms with van der Waals surface area (Å²) in [7, 11) is 0. The van der Waals surface area contributed by atoms with E-state index in [2.05, 4.69) is 26.8 Å². The molecule has 1 aliphatic heterocycles. The maximum absolute atomic E-state index is 6.15. The minimum atomic E-state index is 0.123. The fourth-order valence-corrected chi connectivity index (χ4v) is 2.89. The molecule has 1 aliphatic carbocycles. The Kier molecular flexibility index (Phi) is 2.23. The monoisotopic (exact) mass is 180 g/mol. The molecule has 0 radical (unpaired) electrons. The summed E-state index contributed by atoms with van der Waals surface area (Å²) in [4.78, 5) is 0. The smallest absolute Gasteiger partial charge is 0.0918 e. The quantitative estimate of drug-likeness (QED) is 0.520. The summed E-state index contributed by atoms with van der Waals surface area (Å²) in [5, 5.41) is 0. The zero-order valence-corrected chi connectivity index (χ0v) is 8.97. The molecule has 1 saturated heterocycles. The van der Waals surface area contributed by atoms with Gasteiger partial charge in [-0.1, -0.05) is 13.0 Å². The van der Waals surface area contributed by atoms with Crippen molar-refractivity contribution in [2.24, 2.45) is 5.92 Å². The van der Waals surface area contributed by atoms with Crippen LogP contribution in [0.3, 0.4) is 0 Å². The number of allylic oxidation sites excluding steroid dienone is 1. The van der Waals surface area contributed by atoms with Crippen LogP contribution in [0.2, 0.25) is 0 Å². The van der Waals surface area contributed by atoms with Crippen LogP contribution in [-0.4, -0.2) is 11.7 Å². The van der Waals surface area contributed by atoms with E-state index in [0.717, 1.165) is 0 Å². The fraction of sp³-hybridized carbons (Fsp3) is 0.833. The Balaban J connectivity index is 2.27. The first-order valence-corrected chi connectivity index (χ1v) is 5.50. The summed E-state index contributed by atoms with van der Waals surface area (Å²) in [6.07, 6.45) is 7.84. The van der Waals surface area contributed by atoms with E-state index in [9.17, 15) is 0 Å². The van der Waals surface area contributed by atoms with Gasteiger partial charge in [-0.3, -0.25) is 0 Å². The number of rotatable bonds is 0. The van der Waals surface area contributed by atoms with E-state index >= 15 is 0 Å². The van der Waals surface area contributed by atoms with Gasteiger partial charge in [0, 0.05) is 0 Å². The maximum Gasteiger partial charge on any atom is 0.0918 e. The van der Waals surface area contributed by atoms with E-state index in [1.807, 2.05) is 0 Å². The van der Waals surface area contributed by atoms with Crippen LogP contribution in [0.25, 0.3) is 0 Å². The van der Waals surface area contributed by atoms with Crippen molar-refractivity contribution in [3.63, 3.8) is 0 Å². The van der Waals surface area contributed by atoms with Crippen LogP contribution in [0.5, 0.6) is 0 Å². The fourth-order valence-electron chi connectivity index (χ4n) is 2.89.